The number of nitrogens with one attached hydrogen (secondary N) is 1. The Bertz CT molecular complexity index is 539. The van der Waals surface area contributed by atoms with Crippen LogP contribution in [0.4, 0.5) is 0 Å². The van der Waals surface area contributed by atoms with Crippen molar-refractivity contribution in [1.29, 1.82) is 0 Å². The van der Waals surface area contributed by atoms with E-state index in [9.17, 15) is 0 Å². The molecule has 0 amide bonds. The summed E-state index contributed by atoms with van der Waals surface area (Å²) in [7, 11) is 0. The lowest BCUT2D eigenvalue weighted by Gasteiger charge is -2.19. The molecule has 1 unspecified atom stereocenters. The average Bonchev–Trinajstić information content (AvgIpc) is 2.76. The van der Waals surface area contributed by atoms with E-state index in [1.165, 1.54) is 10.4 Å². The Morgan fingerprint density at radius 3 is 2.78 bits per heavy atom. The second kappa shape index (κ2) is 5.91. The van der Waals surface area contributed by atoms with Crippen molar-refractivity contribution in [2.45, 2.75) is 26.8 Å². The van der Waals surface area contributed by atoms with Crippen molar-refractivity contribution in [3.8, 4) is 0 Å². The van der Waals surface area contributed by atoms with Crippen LogP contribution in [0.5, 0.6) is 0 Å². The van der Waals surface area contributed by atoms with Crippen molar-refractivity contribution in [1.82, 2.24) is 15.5 Å². The number of aromatic nitrogens is 2. The fourth-order valence-corrected chi connectivity index (χ4v) is 3.62. The maximum absolute atomic E-state index is 4.22. The Morgan fingerprint density at radius 2 is 2.17 bits per heavy atom. The van der Waals surface area contributed by atoms with Gasteiger partial charge in [0.25, 0.3) is 0 Å². The van der Waals surface area contributed by atoms with Gasteiger partial charge in [0.05, 0.1) is 17.4 Å². The summed E-state index contributed by atoms with van der Waals surface area (Å²) in [5.74, 6) is 0. The number of hydrogen-bond acceptors (Lipinski definition) is 4. The van der Waals surface area contributed by atoms with Crippen LogP contribution >= 0.6 is 27.3 Å². The summed E-state index contributed by atoms with van der Waals surface area (Å²) in [6, 6.07) is 4.38. The Hall–Kier alpha value is -0.780. The molecule has 0 saturated carbocycles. The van der Waals surface area contributed by atoms with Crippen LogP contribution in [0, 0.1) is 13.8 Å². The zero-order chi connectivity index (χ0) is 13.1. The number of halogens is 1. The Morgan fingerprint density at radius 1 is 1.39 bits per heavy atom. The van der Waals surface area contributed by atoms with Crippen molar-refractivity contribution >= 4 is 27.3 Å². The lowest BCUT2D eigenvalue weighted by Crippen LogP contribution is -2.23. The molecule has 0 aliphatic heterocycles. The molecule has 18 heavy (non-hydrogen) atoms. The number of hydrogen-bond donors (Lipinski definition) is 1. The van der Waals surface area contributed by atoms with E-state index < -0.39 is 0 Å². The van der Waals surface area contributed by atoms with Gasteiger partial charge in [0.2, 0.25) is 0 Å². The molecular formula is C13H16BrN3S. The van der Waals surface area contributed by atoms with Gasteiger partial charge in [-0.3, -0.25) is 0 Å². The van der Waals surface area contributed by atoms with Crippen molar-refractivity contribution in [2.24, 2.45) is 0 Å². The molecule has 0 aliphatic carbocycles. The summed E-state index contributed by atoms with van der Waals surface area (Å²) in [5, 5.41) is 13.9. The largest absolute Gasteiger partial charge is 0.306 e. The van der Waals surface area contributed by atoms with Crippen molar-refractivity contribution in [3.05, 3.63) is 43.8 Å². The molecule has 2 rings (SSSR count). The van der Waals surface area contributed by atoms with Crippen LogP contribution in [0.25, 0.3) is 0 Å². The fraction of sp³-hybridized carbons (Fsp3) is 0.385. The first-order valence-electron chi connectivity index (χ1n) is 5.90. The minimum absolute atomic E-state index is 0.179. The third kappa shape index (κ3) is 2.79. The van der Waals surface area contributed by atoms with Crippen molar-refractivity contribution < 1.29 is 0 Å². The standard InChI is InChI=1S/C13H16BrN3S/c1-4-15-12(13-11(14)5-6-18-13)10-7-8(2)16-17-9(10)3/h5-7,12,15H,4H2,1-3H3. The zero-order valence-corrected chi connectivity index (χ0v) is 13.1. The highest BCUT2D eigenvalue weighted by atomic mass is 79.9. The van der Waals surface area contributed by atoms with E-state index in [2.05, 4.69) is 55.9 Å². The third-order valence-electron chi connectivity index (χ3n) is 2.77. The van der Waals surface area contributed by atoms with Crippen LogP contribution in [0.2, 0.25) is 0 Å². The van der Waals surface area contributed by atoms with E-state index >= 15 is 0 Å². The number of aryl methyl sites for hydroxylation is 2. The summed E-state index contributed by atoms with van der Waals surface area (Å²) >= 11 is 5.36. The average molecular weight is 326 g/mol. The predicted octanol–water partition coefficient (Wildman–Crippen LogP) is 3.62. The first-order chi connectivity index (χ1) is 8.63. The molecule has 0 bridgehead atoms. The minimum atomic E-state index is 0.179. The van der Waals surface area contributed by atoms with Gasteiger partial charge >= 0.3 is 0 Å². The van der Waals surface area contributed by atoms with Crippen LogP contribution in [0.3, 0.4) is 0 Å². The molecule has 0 aliphatic rings. The molecule has 0 spiro atoms. The summed E-state index contributed by atoms with van der Waals surface area (Å²) in [6.07, 6.45) is 0. The van der Waals surface area contributed by atoms with Crippen LogP contribution in [-0.4, -0.2) is 16.7 Å². The fourth-order valence-electron chi connectivity index (χ4n) is 1.92. The van der Waals surface area contributed by atoms with Crippen LogP contribution < -0.4 is 5.32 Å². The van der Waals surface area contributed by atoms with E-state index in [-0.39, 0.29) is 6.04 Å². The molecule has 0 aromatic carbocycles. The van der Waals surface area contributed by atoms with Gasteiger partial charge < -0.3 is 5.32 Å². The predicted molar refractivity (Wildman–Crippen MR) is 79.0 cm³/mol. The summed E-state index contributed by atoms with van der Waals surface area (Å²) in [6.45, 7) is 7.01. The van der Waals surface area contributed by atoms with E-state index in [4.69, 9.17) is 0 Å². The van der Waals surface area contributed by atoms with Gasteiger partial charge in [-0.25, -0.2) is 0 Å². The van der Waals surface area contributed by atoms with E-state index in [0.29, 0.717) is 0 Å². The SMILES string of the molecule is CCNC(c1cc(C)nnc1C)c1sccc1Br. The molecule has 5 heteroatoms. The van der Waals surface area contributed by atoms with E-state index in [1.54, 1.807) is 11.3 Å². The summed E-state index contributed by atoms with van der Waals surface area (Å²) < 4.78 is 1.15. The molecule has 2 aromatic heterocycles. The van der Waals surface area contributed by atoms with E-state index in [0.717, 1.165) is 22.4 Å². The Balaban J connectivity index is 2.48. The summed E-state index contributed by atoms with van der Waals surface area (Å²) in [4.78, 5) is 1.28. The van der Waals surface area contributed by atoms with Gasteiger partial charge in [-0.2, -0.15) is 10.2 Å². The molecular weight excluding hydrogens is 310 g/mol. The molecule has 2 aromatic rings. The maximum atomic E-state index is 4.22. The van der Waals surface area contributed by atoms with Gasteiger partial charge in [-0.05, 0) is 59.4 Å². The van der Waals surface area contributed by atoms with Crippen molar-refractivity contribution in [3.63, 3.8) is 0 Å². The topological polar surface area (TPSA) is 37.8 Å². The normalized spacial score (nSPS) is 12.7. The number of thiophene rings is 1. The molecule has 3 nitrogen and oxygen atoms in total. The first kappa shape index (κ1) is 13.6. The van der Waals surface area contributed by atoms with Crippen molar-refractivity contribution in [2.75, 3.05) is 6.54 Å². The monoisotopic (exact) mass is 325 g/mol. The summed E-state index contributed by atoms with van der Waals surface area (Å²) in [5.41, 5.74) is 3.13. The van der Waals surface area contributed by atoms with Crippen LogP contribution in [0.15, 0.2) is 22.0 Å². The molecule has 0 fully saturated rings. The number of nitrogens with zero attached hydrogens (tertiary/aromatic N) is 2. The van der Waals surface area contributed by atoms with Gasteiger partial charge in [0.15, 0.2) is 0 Å². The highest BCUT2D eigenvalue weighted by Crippen LogP contribution is 2.34. The first-order valence-corrected chi connectivity index (χ1v) is 7.57. The quantitative estimate of drug-likeness (QED) is 0.932. The molecule has 1 N–H and O–H groups in total. The second-order valence-corrected chi connectivity index (χ2v) is 5.95. The Labute approximate surface area is 120 Å². The lowest BCUT2D eigenvalue weighted by atomic mass is 10.0. The van der Waals surface area contributed by atoms with Gasteiger partial charge in [0, 0.05) is 9.35 Å². The molecule has 2 heterocycles. The zero-order valence-electron chi connectivity index (χ0n) is 10.7. The smallest absolute Gasteiger partial charge is 0.0701 e. The van der Waals surface area contributed by atoms with E-state index in [1.807, 2.05) is 13.8 Å². The molecule has 1 atom stereocenters. The maximum Gasteiger partial charge on any atom is 0.0701 e. The highest BCUT2D eigenvalue weighted by molar-refractivity contribution is 9.10. The van der Waals surface area contributed by atoms with Gasteiger partial charge in [-0.15, -0.1) is 11.3 Å². The lowest BCUT2D eigenvalue weighted by molar-refractivity contribution is 0.627. The molecule has 0 radical (unpaired) electrons. The highest BCUT2D eigenvalue weighted by Gasteiger charge is 2.20. The number of rotatable bonds is 4. The minimum Gasteiger partial charge on any atom is -0.306 e. The van der Waals surface area contributed by atoms with Crippen LogP contribution in [0.1, 0.15) is 34.8 Å². The molecule has 0 saturated heterocycles. The van der Waals surface area contributed by atoms with Gasteiger partial charge in [0.1, 0.15) is 0 Å². The molecule has 96 valence electrons. The van der Waals surface area contributed by atoms with Crippen LogP contribution in [-0.2, 0) is 0 Å². The third-order valence-corrected chi connectivity index (χ3v) is 4.70. The Kier molecular flexibility index (Phi) is 4.48. The van der Waals surface area contributed by atoms with Gasteiger partial charge in [-0.1, -0.05) is 6.92 Å². The second-order valence-electron chi connectivity index (χ2n) is 4.15.